The smallest absolute Gasteiger partial charge is 0.177 e. The number of piperazine rings is 1. The fraction of sp³-hybridized carbons (Fsp3) is 0.389. The summed E-state index contributed by atoms with van der Waals surface area (Å²) in [6.07, 6.45) is 2.42. The van der Waals surface area contributed by atoms with E-state index in [9.17, 15) is 12.8 Å². The van der Waals surface area contributed by atoms with Gasteiger partial charge in [-0.1, -0.05) is 6.92 Å². The fourth-order valence-corrected chi connectivity index (χ4v) is 3.53. The van der Waals surface area contributed by atoms with Gasteiger partial charge in [-0.05, 0) is 36.9 Å². The highest BCUT2D eigenvalue weighted by atomic mass is 32.2. The van der Waals surface area contributed by atoms with Gasteiger partial charge >= 0.3 is 0 Å². The van der Waals surface area contributed by atoms with Gasteiger partial charge < -0.3 is 15.1 Å². The Labute approximate surface area is 153 Å². The first-order chi connectivity index (χ1) is 12.4. The van der Waals surface area contributed by atoms with Crippen LogP contribution in [-0.4, -0.2) is 57.3 Å². The predicted molar refractivity (Wildman–Crippen MR) is 101 cm³/mol. The van der Waals surface area contributed by atoms with Crippen molar-refractivity contribution in [3.63, 3.8) is 0 Å². The molecule has 0 radical (unpaired) electrons. The van der Waals surface area contributed by atoms with Crippen molar-refractivity contribution in [2.75, 3.05) is 49.2 Å². The first kappa shape index (κ1) is 18.6. The van der Waals surface area contributed by atoms with Gasteiger partial charge in [0, 0.05) is 44.3 Å². The summed E-state index contributed by atoms with van der Waals surface area (Å²) in [5.74, 6) is 0.175. The van der Waals surface area contributed by atoms with Crippen LogP contribution >= 0.6 is 0 Å². The second-order valence-corrected chi connectivity index (χ2v) is 8.38. The minimum atomic E-state index is -3.28. The molecule has 0 atom stereocenters. The minimum Gasteiger partial charge on any atom is -0.367 e. The summed E-state index contributed by atoms with van der Waals surface area (Å²) in [7, 11) is -3.28. The Kier molecular flexibility index (Phi) is 5.43. The lowest BCUT2D eigenvalue weighted by atomic mass is 10.2. The molecule has 1 aromatic heterocycles. The molecule has 0 saturated carbocycles. The summed E-state index contributed by atoms with van der Waals surface area (Å²) in [6.45, 7) is 6.65. The lowest BCUT2D eigenvalue weighted by Gasteiger charge is -2.35. The molecule has 6 nitrogen and oxygen atoms in total. The first-order valence-corrected chi connectivity index (χ1v) is 10.5. The average molecular weight is 378 g/mol. The van der Waals surface area contributed by atoms with E-state index in [2.05, 4.69) is 27.0 Å². The van der Waals surface area contributed by atoms with Crippen molar-refractivity contribution in [3.05, 3.63) is 42.3 Å². The van der Waals surface area contributed by atoms with E-state index in [0.717, 1.165) is 39.0 Å². The molecule has 2 aromatic rings. The van der Waals surface area contributed by atoms with E-state index in [1.807, 2.05) is 0 Å². The summed E-state index contributed by atoms with van der Waals surface area (Å²) in [5.41, 5.74) is 1.17. The maximum absolute atomic E-state index is 14.5. The van der Waals surface area contributed by atoms with Crippen molar-refractivity contribution >= 4 is 27.0 Å². The van der Waals surface area contributed by atoms with E-state index in [4.69, 9.17) is 0 Å². The number of rotatable bonds is 5. The van der Waals surface area contributed by atoms with Gasteiger partial charge in [-0.2, -0.15) is 0 Å². The number of likely N-dealkylation sites (N-methyl/N-ethyl adjacent to an activating group) is 1. The zero-order valence-electron chi connectivity index (χ0n) is 14.9. The van der Waals surface area contributed by atoms with Crippen molar-refractivity contribution in [3.8, 4) is 0 Å². The Bertz CT molecular complexity index is 863. The van der Waals surface area contributed by atoms with Crippen LogP contribution in [0.4, 0.5) is 21.6 Å². The lowest BCUT2D eigenvalue weighted by Crippen LogP contribution is -2.46. The number of nitrogens with zero attached hydrogens (tertiary/aromatic N) is 3. The normalized spacial score (nSPS) is 15.9. The van der Waals surface area contributed by atoms with Crippen molar-refractivity contribution in [1.29, 1.82) is 0 Å². The molecule has 1 aliphatic rings. The zero-order chi connectivity index (χ0) is 18.7. The van der Waals surface area contributed by atoms with Gasteiger partial charge in [0.2, 0.25) is 0 Å². The number of sulfone groups is 1. The van der Waals surface area contributed by atoms with Gasteiger partial charge in [0.25, 0.3) is 0 Å². The van der Waals surface area contributed by atoms with Crippen molar-refractivity contribution in [2.45, 2.75) is 11.8 Å². The quantitative estimate of drug-likeness (QED) is 0.862. The summed E-state index contributed by atoms with van der Waals surface area (Å²) in [6, 6.07) is 8.05. The van der Waals surface area contributed by atoms with Crippen molar-refractivity contribution in [2.24, 2.45) is 0 Å². The van der Waals surface area contributed by atoms with E-state index in [1.54, 1.807) is 18.2 Å². The number of halogens is 1. The first-order valence-electron chi connectivity index (χ1n) is 8.57. The van der Waals surface area contributed by atoms with Crippen molar-refractivity contribution in [1.82, 2.24) is 9.88 Å². The number of hydrogen-bond acceptors (Lipinski definition) is 6. The van der Waals surface area contributed by atoms with Crippen LogP contribution in [0.3, 0.4) is 0 Å². The second-order valence-electron chi connectivity index (χ2n) is 6.36. The van der Waals surface area contributed by atoms with Crippen LogP contribution in [0.5, 0.6) is 0 Å². The van der Waals surface area contributed by atoms with Crippen molar-refractivity contribution < 1.29 is 12.8 Å². The molecule has 0 unspecified atom stereocenters. The maximum atomic E-state index is 14.5. The zero-order valence-corrected chi connectivity index (χ0v) is 15.8. The van der Waals surface area contributed by atoms with Crippen LogP contribution in [0.1, 0.15) is 6.92 Å². The summed E-state index contributed by atoms with van der Waals surface area (Å²) >= 11 is 0. The Morgan fingerprint density at radius 1 is 1.15 bits per heavy atom. The van der Waals surface area contributed by atoms with Gasteiger partial charge in [0.1, 0.15) is 11.6 Å². The number of benzene rings is 1. The Morgan fingerprint density at radius 3 is 2.42 bits per heavy atom. The Morgan fingerprint density at radius 2 is 1.88 bits per heavy atom. The monoisotopic (exact) mass is 378 g/mol. The molecule has 2 heterocycles. The molecule has 1 saturated heterocycles. The molecule has 140 valence electrons. The molecule has 1 aromatic carbocycles. The van der Waals surface area contributed by atoms with E-state index in [1.165, 1.54) is 18.3 Å². The highest BCUT2D eigenvalue weighted by molar-refractivity contribution is 7.90. The molecule has 0 amide bonds. The lowest BCUT2D eigenvalue weighted by molar-refractivity contribution is 0.270. The molecule has 8 heteroatoms. The molecule has 0 spiro atoms. The molecular formula is C18H23FN4O2S. The van der Waals surface area contributed by atoms with Gasteiger partial charge in [0.05, 0.1) is 10.6 Å². The third-order valence-electron chi connectivity index (χ3n) is 4.54. The molecule has 26 heavy (non-hydrogen) atoms. The highest BCUT2D eigenvalue weighted by Crippen LogP contribution is 2.25. The van der Waals surface area contributed by atoms with Crippen LogP contribution in [-0.2, 0) is 9.84 Å². The fourth-order valence-electron chi connectivity index (χ4n) is 2.97. The van der Waals surface area contributed by atoms with Gasteiger partial charge in [-0.15, -0.1) is 0 Å². The summed E-state index contributed by atoms with van der Waals surface area (Å²) < 4.78 is 37.5. The van der Waals surface area contributed by atoms with E-state index >= 15 is 0 Å². The largest absolute Gasteiger partial charge is 0.367 e. The average Bonchev–Trinajstić information content (AvgIpc) is 2.62. The topological polar surface area (TPSA) is 65.5 Å². The van der Waals surface area contributed by atoms with E-state index in [-0.39, 0.29) is 10.7 Å². The van der Waals surface area contributed by atoms with Crippen LogP contribution in [0.25, 0.3) is 0 Å². The third-order valence-corrected chi connectivity index (χ3v) is 5.64. The van der Waals surface area contributed by atoms with Gasteiger partial charge in [-0.25, -0.2) is 17.8 Å². The van der Waals surface area contributed by atoms with E-state index < -0.39 is 9.84 Å². The maximum Gasteiger partial charge on any atom is 0.177 e. The number of nitrogens with one attached hydrogen (secondary N) is 1. The summed E-state index contributed by atoms with van der Waals surface area (Å²) in [5, 5.41) is 3.00. The van der Waals surface area contributed by atoms with Crippen LogP contribution < -0.4 is 10.2 Å². The molecule has 3 rings (SSSR count). The number of aromatic nitrogens is 1. The standard InChI is InChI=1S/C18H23FN4O2S/c1-3-22-8-10-23(11-9-22)17-6-4-14(12-16(17)19)21-18-7-5-15(13-20-18)26(2,24)25/h4-7,12-13H,3,8-11H2,1-2H3,(H,20,21). The number of pyridine rings is 1. The minimum absolute atomic E-state index is 0.149. The van der Waals surface area contributed by atoms with Crippen LogP contribution in [0.15, 0.2) is 41.4 Å². The SMILES string of the molecule is CCN1CCN(c2ccc(Nc3ccc(S(C)(=O)=O)cn3)cc2F)CC1. The van der Waals surface area contributed by atoms with Crippen LogP contribution in [0.2, 0.25) is 0 Å². The Balaban J connectivity index is 1.70. The number of hydrogen-bond donors (Lipinski definition) is 1. The van der Waals surface area contributed by atoms with E-state index in [0.29, 0.717) is 17.2 Å². The van der Waals surface area contributed by atoms with Crippen LogP contribution in [0, 0.1) is 5.82 Å². The molecule has 1 aliphatic heterocycles. The highest BCUT2D eigenvalue weighted by Gasteiger charge is 2.18. The molecule has 1 fully saturated rings. The molecule has 0 bridgehead atoms. The predicted octanol–water partition coefficient (Wildman–Crippen LogP) is 2.51. The van der Waals surface area contributed by atoms with Gasteiger partial charge in [-0.3, -0.25) is 0 Å². The van der Waals surface area contributed by atoms with Gasteiger partial charge in [0.15, 0.2) is 9.84 Å². The molecular weight excluding hydrogens is 355 g/mol. The number of anilines is 3. The summed E-state index contributed by atoms with van der Waals surface area (Å²) in [4.78, 5) is 8.62. The molecule has 1 N–H and O–H groups in total. The third kappa shape index (κ3) is 4.31. The Hall–Kier alpha value is -2.19. The molecule has 0 aliphatic carbocycles. The second kappa shape index (κ2) is 7.59.